The van der Waals surface area contributed by atoms with Crippen LogP contribution < -0.4 is 4.74 Å². The molecule has 1 N–H and O–H groups in total. The number of carbonyl (C=O) groups is 1. The summed E-state index contributed by atoms with van der Waals surface area (Å²) in [4.78, 5) is 19.4. The monoisotopic (exact) mass is 472 g/mol. The molecule has 2 heterocycles. The lowest BCUT2D eigenvalue weighted by molar-refractivity contribution is -0.0499. The van der Waals surface area contributed by atoms with Crippen LogP contribution in [0.15, 0.2) is 78.9 Å². The largest absolute Gasteiger partial charge is 0.478 e. The van der Waals surface area contributed by atoms with Gasteiger partial charge in [0, 0.05) is 36.1 Å². The number of nitrogens with zero attached hydrogens (tertiary/aromatic N) is 2. The van der Waals surface area contributed by atoms with Crippen LogP contribution in [0.25, 0.3) is 22.6 Å². The van der Waals surface area contributed by atoms with Crippen molar-refractivity contribution in [1.82, 2.24) is 9.88 Å². The van der Waals surface area contributed by atoms with E-state index in [0.29, 0.717) is 47.4 Å². The van der Waals surface area contributed by atoms with Crippen molar-refractivity contribution in [2.24, 2.45) is 0 Å². The molecule has 0 amide bonds. The third-order valence-electron chi connectivity index (χ3n) is 6.00. The molecule has 1 aliphatic heterocycles. The maximum Gasteiger partial charge on any atom is 0.387 e. The molecular weight excluding hydrogens is 450 g/mol. The highest BCUT2D eigenvalue weighted by Gasteiger charge is 2.29. The van der Waals surface area contributed by atoms with E-state index in [1.807, 2.05) is 36.4 Å². The van der Waals surface area contributed by atoms with Gasteiger partial charge in [-0.25, -0.2) is 9.78 Å². The molecule has 4 aromatic rings. The van der Waals surface area contributed by atoms with Crippen LogP contribution in [-0.2, 0) is 13.1 Å². The first-order chi connectivity index (χ1) is 17.0. The molecule has 0 unspecified atom stereocenters. The van der Waals surface area contributed by atoms with Crippen molar-refractivity contribution in [3.05, 3.63) is 107 Å². The van der Waals surface area contributed by atoms with Gasteiger partial charge in [-0.1, -0.05) is 66.7 Å². The number of ether oxygens (including phenoxy) is 1. The number of hydrogen-bond donors (Lipinski definition) is 1. The van der Waals surface area contributed by atoms with Gasteiger partial charge in [-0.3, -0.25) is 4.90 Å². The van der Waals surface area contributed by atoms with Crippen molar-refractivity contribution in [3.63, 3.8) is 0 Å². The predicted molar refractivity (Wildman–Crippen MR) is 130 cm³/mol. The van der Waals surface area contributed by atoms with Crippen molar-refractivity contribution in [3.8, 4) is 5.75 Å². The molecule has 5 nitrogen and oxygen atoms in total. The molecule has 0 bridgehead atoms. The number of halogens is 2. The maximum atomic E-state index is 13.0. The molecular formula is C28H22F2N2O3. The number of para-hydroxylation sites is 2. The zero-order valence-electron chi connectivity index (χ0n) is 18.7. The Kier molecular flexibility index (Phi) is 6.25. The highest BCUT2D eigenvalue weighted by Crippen LogP contribution is 2.36. The van der Waals surface area contributed by atoms with Crippen LogP contribution in [0.4, 0.5) is 8.78 Å². The van der Waals surface area contributed by atoms with Crippen molar-refractivity contribution < 1.29 is 23.4 Å². The molecule has 0 radical (unpaired) electrons. The van der Waals surface area contributed by atoms with Crippen LogP contribution >= 0.6 is 0 Å². The molecule has 0 aliphatic carbocycles. The molecule has 7 heteroatoms. The van der Waals surface area contributed by atoms with Gasteiger partial charge in [-0.05, 0) is 29.3 Å². The van der Waals surface area contributed by atoms with Gasteiger partial charge >= 0.3 is 12.6 Å². The average Bonchev–Trinajstić information content (AvgIpc) is 2.84. The Balaban J connectivity index is 1.68. The van der Waals surface area contributed by atoms with Gasteiger partial charge in [0.2, 0.25) is 0 Å². The van der Waals surface area contributed by atoms with Crippen molar-refractivity contribution in [2.75, 3.05) is 6.54 Å². The molecule has 5 rings (SSSR count). The summed E-state index contributed by atoms with van der Waals surface area (Å²) >= 11 is 0. The molecule has 3 aromatic carbocycles. The smallest absolute Gasteiger partial charge is 0.387 e. The molecule has 0 saturated carbocycles. The summed E-state index contributed by atoms with van der Waals surface area (Å²) in [6.45, 7) is -1.49. The Morgan fingerprint density at radius 2 is 1.71 bits per heavy atom. The minimum atomic E-state index is -2.96. The van der Waals surface area contributed by atoms with Gasteiger partial charge in [-0.15, -0.1) is 0 Å². The molecule has 0 atom stereocenters. The van der Waals surface area contributed by atoms with E-state index in [2.05, 4.69) is 4.90 Å². The fourth-order valence-electron chi connectivity index (χ4n) is 4.57. The number of alkyl halides is 2. The average molecular weight is 472 g/mol. The normalized spacial score (nSPS) is 14.9. The van der Waals surface area contributed by atoms with Crippen molar-refractivity contribution in [2.45, 2.75) is 19.7 Å². The van der Waals surface area contributed by atoms with Gasteiger partial charge in [0.25, 0.3) is 0 Å². The van der Waals surface area contributed by atoms with Crippen LogP contribution in [0, 0.1) is 0 Å². The second kappa shape index (κ2) is 9.64. The molecule has 0 fully saturated rings. The Labute approximate surface area is 200 Å². The third-order valence-corrected chi connectivity index (χ3v) is 6.00. The summed E-state index contributed by atoms with van der Waals surface area (Å²) < 4.78 is 30.7. The lowest BCUT2D eigenvalue weighted by atomic mass is 9.91. The summed E-state index contributed by atoms with van der Waals surface area (Å²) in [6, 6.07) is 23.6. The van der Waals surface area contributed by atoms with E-state index in [1.54, 1.807) is 42.5 Å². The van der Waals surface area contributed by atoms with E-state index in [4.69, 9.17) is 9.72 Å². The number of aromatic carboxylic acids is 1. The standard InChI is InChI=1S/C28H22F2N2O3/c29-28(30)35-24-13-7-4-10-19(24)14-20-16-32(15-18-8-2-1-3-9-18)17-22-25(27(33)34)21-11-5-6-12-23(21)31-26(20)22/h1-14,28H,15-17H2,(H,33,34)/b20-14-. The molecule has 0 spiro atoms. The number of fused-ring (bicyclic) bond motifs is 2. The van der Waals surface area contributed by atoms with Crippen LogP contribution in [0.3, 0.4) is 0 Å². The molecule has 176 valence electrons. The van der Waals surface area contributed by atoms with Gasteiger partial charge in [0.05, 0.1) is 16.8 Å². The fourth-order valence-corrected chi connectivity index (χ4v) is 4.57. The molecule has 0 saturated heterocycles. The summed E-state index contributed by atoms with van der Waals surface area (Å²) in [5.74, 6) is -0.974. The zero-order valence-corrected chi connectivity index (χ0v) is 18.7. The summed E-state index contributed by atoms with van der Waals surface area (Å²) in [5.41, 5.74) is 4.26. The number of aromatic nitrogens is 1. The highest BCUT2D eigenvalue weighted by molar-refractivity contribution is 6.06. The first kappa shape index (κ1) is 22.7. The van der Waals surface area contributed by atoms with Gasteiger partial charge in [0.15, 0.2) is 0 Å². The van der Waals surface area contributed by atoms with E-state index in [0.717, 1.165) is 11.1 Å². The Hall–Kier alpha value is -4.10. The number of pyridine rings is 1. The molecule has 1 aliphatic rings. The lowest BCUT2D eigenvalue weighted by Crippen LogP contribution is -2.31. The minimum Gasteiger partial charge on any atom is -0.478 e. The van der Waals surface area contributed by atoms with Crippen LogP contribution in [0.2, 0.25) is 0 Å². The Morgan fingerprint density at radius 3 is 2.49 bits per heavy atom. The Morgan fingerprint density at radius 1 is 1.00 bits per heavy atom. The summed E-state index contributed by atoms with van der Waals surface area (Å²) in [7, 11) is 0. The van der Waals surface area contributed by atoms with Crippen LogP contribution in [0.1, 0.15) is 32.7 Å². The third kappa shape index (κ3) is 4.76. The topological polar surface area (TPSA) is 62.7 Å². The molecule has 1 aromatic heterocycles. The SMILES string of the molecule is O=C(O)c1c2c(nc3ccccc13)/C(=C\c1ccccc1OC(F)F)CN(Cc1ccccc1)C2. The predicted octanol–water partition coefficient (Wildman–Crippen LogP) is 6.09. The number of carboxylic acid groups (broad SMARTS) is 1. The second-order valence-electron chi connectivity index (χ2n) is 8.35. The Bertz CT molecular complexity index is 1420. The first-order valence-corrected chi connectivity index (χ1v) is 11.2. The second-order valence-corrected chi connectivity index (χ2v) is 8.35. The van der Waals surface area contributed by atoms with E-state index >= 15 is 0 Å². The number of carboxylic acids is 1. The van der Waals surface area contributed by atoms with Gasteiger partial charge in [0.1, 0.15) is 5.75 Å². The van der Waals surface area contributed by atoms with Crippen LogP contribution in [0.5, 0.6) is 5.75 Å². The fraction of sp³-hybridized carbons (Fsp3) is 0.143. The zero-order chi connectivity index (χ0) is 24.4. The van der Waals surface area contributed by atoms with Gasteiger partial charge < -0.3 is 9.84 Å². The number of hydrogen-bond acceptors (Lipinski definition) is 4. The van der Waals surface area contributed by atoms with Crippen LogP contribution in [-0.4, -0.2) is 34.1 Å². The van der Waals surface area contributed by atoms with Crippen molar-refractivity contribution >= 4 is 28.5 Å². The van der Waals surface area contributed by atoms with Gasteiger partial charge in [-0.2, -0.15) is 8.78 Å². The quantitative estimate of drug-likeness (QED) is 0.368. The maximum absolute atomic E-state index is 13.0. The first-order valence-electron chi connectivity index (χ1n) is 11.2. The van der Waals surface area contributed by atoms with E-state index < -0.39 is 12.6 Å². The summed E-state index contributed by atoms with van der Waals surface area (Å²) in [5, 5.41) is 10.7. The number of benzene rings is 3. The molecule has 35 heavy (non-hydrogen) atoms. The van der Waals surface area contributed by atoms with E-state index in [9.17, 15) is 18.7 Å². The van der Waals surface area contributed by atoms with Crippen molar-refractivity contribution in [1.29, 1.82) is 0 Å². The lowest BCUT2D eigenvalue weighted by Gasteiger charge is -2.31. The minimum absolute atomic E-state index is 0.0518. The highest BCUT2D eigenvalue weighted by atomic mass is 19.3. The summed E-state index contributed by atoms with van der Waals surface area (Å²) in [6.07, 6.45) is 1.76. The van der Waals surface area contributed by atoms with E-state index in [1.165, 1.54) is 6.07 Å². The number of rotatable bonds is 6. The van der Waals surface area contributed by atoms with E-state index in [-0.39, 0.29) is 11.3 Å².